The molecule has 0 aliphatic heterocycles. The Hall–Kier alpha value is -2.60. The SMILES string of the molecule is C[S+](CCc1ccccc1)CC(=C(F)F)c1ccc(N=[N+]=[N-])cc1.O=S(=O)([O-])C(F)(F)F. The van der Waals surface area contributed by atoms with E-state index in [-0.39, 0.29) is 16.5 Å². The lowest BCUT2D eigenvalue weighted by atomic mass is 10.1. The molecule has 1 unspecified atom stereocenters. The van der Waals surface area contributed by atoms with Crippen LogP contribution < -0.4 is 0 Å². The first-order chi connectivity index (χ1) is 14.8. The normalized spacial score (nSPS) is 12.1. The van der Waals surface area contributed by atoms with Crippen molar-refractivity contribution in [3.63, 3.8) is 0 Å². The summed E-state index contributed by atoms with van der Waals surface area (Å²) in [5.41, 5.74) is 4.93. The fourth-order valence-corrected chi connectivity index (χ4v) is 3.78. The largest absolute Gasteiger partial charge is 0.741 e. The van der Waals surface area contributed by atoms with Crippen LogP contribution in [-0.4, -0.2) is 36.2 Å². The van der Waals surface area contributed by atoms with Gasteiger partial charge < -0.3 is 4.55 Å². The molecule has 0 radical (unpaired) electrons. The van der Waals surface area contributed by atoms with Crippen molar-refractivity contribution >= 4 is 32.3 Å². The lowest BCUT2D eigenvalue weighted by molar-refractivity contribution is -0.0517. The molecule has 2 aromatic rings. The molecule has 13 heteroatoms. The quantitative estimate of drug-likeness (QED) is 0.0925. The first kappa shape index (κ1) is 27.4. The van der Waals surface area contributed by atoms with E-state index in [1.54, 1.807) is 24.3 Å². The lowest BCUT2D eigenvalue weighted by Gasteiger charge is -2.08. The van der Waals surface area contributed by atoms with Crippen LogP contribution in [0.3, 0.4) is 0 Å². The van der Waals surface area contributed by atoms with Crippen LogP contribution in [0.2, 0.25) is 0 Å². The fourth-order valence-electron chi connectivity index (χ4n) is 2.28. The van der Waals surface area contributed by atoms with E-state index in [0.29, 0.717) is 17.0 Å². The van der Waals surface area contributed by atoms with Gasteiger partial charge >= 0.3 is 5.51 Å². The number of alkyl halides is 3. The molecule has 0 aromatic heterocycles. The first-order valence-electron chi connectivity index (χ1n) is 8.70. The Morgan fingerprint density at radius 3 is 2.06 bits per heavy atom. The number of hydrogen-bond donors (Lipinski definition) is 0. The molecule has 0 saturated heterocycles. The zero-order chi connectivity index (χ0) is 24.4. The molecule has 0 aliphatic carbocycles. The van der Waals surface area contributed by atoms with Crippen LogP contribution in [0.1, 0.15) is 11.1 Å². The monoisotopic (exact) mass is 495 g/mol. The number of benzene rings is 2. The molecule has 0 spiro atoms. The fraction of sp³-hybridized carbons (Fsp3) is 0.263. The summed E-state index contributed by atoms with van der Waals surface area (Å²) in [5.74, 6) is 1.22. The first-order valence-corrected chi connectivity index (χ1v) is 12.1. The highest BCUT2D eigenvalue weighted by Crippen LogP contribution is 2.25. The van der Waals surface area contributed by atoms with Crippen LogP contribution in [0, 0.1) is 0 Å². The van der Waals surface area contributed by atoms with Crippen LogP contribution in [-0.2, 0) is 27.4 Å². The third-order valence-corrected chi connectivity index (χ3v) is 6.11. The van der Waals surface area contributed by atoms with Gasteiger partial charge in [-0.3, -0.25) is 0 Å². The molecule has 0 saturated carbocycles. The maximum Gasteiger partial charge on any atom is 0.485 e. The van der Waals surface area contributed by atoms with Crippen molar-refractivity contribution in [3.8, 4) is 0 Å². The van der Waals surface area contributed by atoms with Gasteiger partial charge in [0.05, 0.1) is 11.8 Å². The van der Waals surface area contributed by atoms with E-state index in [1.165, 1.54) is 5.56 Å². The maximum atomic E-state index is 13.4. The number of azide groups is 1. The van der Waals surface area contributed by atoms with Gasteiger partial charge in [0.1, 0.15) is 11.5 Å². The molecule has 0 amide bonds. The zero-order valence-electron chi connectivity index (χ0n) is 16.6. The Labute approximate surface area is 184 Å². The van der Waals surface area contributed by atoms with Crippen LogP contribution in [0.4, 0.5) is 27.6 Å². The van der Waals surface area contributed by atoms with Crippen molar-refractivity contribution in [1.82, 2.24) is 0 Å². The highest BCUT2D eigenvalue weighted by atomic mass is 32.2. The van der Waals surface area contributed by atoms with Gasteiger partial charge in [-0.2, -0.15) is 22.0 Å². The molecule has 174 valence electrons. The molecule has 32 heavy (non-hydrogen) atoms. The molecule has 0 bridgehead atoms. The minimum Gasteiger partial charge on any atom is -0.741 e. The summed E-state index contributed by atoms with van der Waals surface area (Å²) in [6.45, 7) is 0. The van der Waals surface area contributed by atoms with E-state index in [9.17, 15) is 22.0 Å². The van der Waals surface area contributed by atoms with Crippen molar-refractivity contribution in [2.45, 2.75) is 11.9 Å². The van der Waals surface area contributed by atoms with Crippen LogP contribution in [0.25, 0.3) is 16.0 Å². The van der Waals surface area contributed by atoms with E-state index in [1.807, 2.05) is 24.5 Å². The van der Waals surface area contributed by atoms with Crippen molar-refractivity contribution in [2.75, 3.05) is 17.8 Å². The molecule has 1 atom stereocenters. The summed E-state index contributed by atoms with van der Waals surface area (Å²) < 4.78 is 85.6. The molecule has 2 aromatic carbocycles. The number of aryl methyl sites for hydroxylation is 1. The Morgan fingerprint density at radius 2 is 1.62 bits per heavy atom. The Kier molecular flexibility index (Phi) is 10.7. The third-order valence-electron chi connectivity index (χ3n) is 3.86. The van der Waals surface area contributed by atoms with Crippen LogP contribution >= 0.6 is 0 Å². The van der Waals surface area contributed by atoms with Crippen LogP contribution in [0.5, 0.6) is 0 Å². The number of nitrogens with zero attached hydrogens (tertiary/aromatic N) is 3. The van der Waals surface area contributed by atoms with Gasteiger partial charge in [0.25, 0.3) is 6.08 Å². The van der Waals surface area contributed by atoms with E-state index in [2.05, 4.69) is 22.2 Å². The maximum absolute atomic E-state index is 13.4. The molecule has 0 N–H and O–H groups in total. The average Bonchev–Trinajstić information content (AvgIpc) is 2.71. The predicted molar refractivity (Wildman–Crippen MR) is 113 cm³/mol. The molecule has 2 rings (SSSR count). The highest BCUT2D eigenvalue weighted by molar-refractivity contribution is 7.96. The van der Waals surface area contributed by atoms with E-state index in [0.717, 1.165) is 12.2 Å². The van der Waals surface area contributed by atoms with E-state index >= 15 is 0 Å². The minimum atomic E-state index is -6.09. The predicted octanol–water partition coefficient (Wildman–Crippen LogP) is 5.78. The Bertz CT molecular complexity index is 1050. The minimum absolute atomic E-state index is 0.0707. The zero-order valence-corrected chi connectivity index (χ0v) is 18.2. The van der Waals surface area contributed by atoms with E-state index < -0.39 is 21.7 Å². The lowest BCUT2D eigenvalue weighted by Crippen LogP contribution is -2.21. The second kappa shape index (κ2) is 12.4. The van der Waals surface area contributed by atoms with Crippen molar-refractivity contribution in [2.24, 2.45) is 5.11 Å². The summed E-state index contributed by atoms with van der Waals surface area (Å²) >= 11 is 0. The summed E-state index contributed by atoms with van der Waals surface area (Å²) in [4.78, 5) is 2.68. The van der Waals surface area contributed by atoms with Gasteiger partial charge in [-0.25, -0.2) is 8.42 Å². The Balaban J connectivity index is 0.000000547. The Morgan fingerprint density at radius 1 is 1.09 bits per heavy atom. The van der Waals surface area contributed by atoms with Gasteiger partial charge in [0, 0.05) is 17.0 Å². The van der Waals surface area contributed by atoms with Crippen LogP contribution in [0.15, 0.2) is 65.8 Å². The second-order valence-electron chi connectivity index (χ2n) is 6.24. The van der Waals surface area contributed by atoms with Gasteiger partial charge in [0.2, 0.25) is 0 Å². The van der Waals surface area contributed by atoms with Gasteiger partial charge in [-0.1, -0.05) is 59.7 Å². The smallest absolute Gasteiger partial charge is 0.485 e. The number of hydrogen-bond acceptors (Lipinski definition) is 4. The van der Waals surface area contributed by atoms with E-state index in [4.69, 9.17) is 18.5 Å². The molecular weight excluding hydrogens is 477 g/mol. The highest BCUT2D eigenvalue weighted by Gasteiger charge is 2.36. The number of halogens is 5. The number of rotatable bonds is 7. The third kappa shape index (κ3) is 9.69. The molecule has 0 heterocycles. The average molecular weight is 495 g/mol. The molecular formula is C19H18F5N3O3S2. The topological polar surface area (TPSA) is 106 Å². The van der Waals surface area contributed by atoms with Gasteiger partial charge in [-0.15, -0.1) is 0 Å². The molecule has 0 aliphatic rings. The van der Waals surface area contributed by atoms with Gasteiger partial charge in [0.15, 0.2) is 10.1 Å². The summed E-state index contributed by atoms with van der Waals surface area (Å²) in [7, 11) is -6.24. The summed E-state index contributed by atoms with van der Waals surface area (Å²) in [6, 6.07) is 16.3. The van der Waals surface area contributed by atoms with Crippen molar-refractivity contribution in [1.29, 1.82) is 0 Å². The molecule has 6 nitrogen and oxygen atoms in total. The standard InChI is InChI=1S/C18H18F2N3S.CHF3O3S/c1-24(12-11-14-5-3-2-4-6-14)13-17(18(19)20)15-7-9-16(10-8-15)22-23-21;2-1(3,4)8(5,6)7/h2-10H,11-13H2,1H3;(H,5,6,7)/q+1;/p-1. The summed E-state index contributed by atoms with van der Waals surface area (Å²) in [6.07, 6.45) is 1.25. The second-order valence-corrected chi connectivity index (χ2v) is 9.87. The van der Waals surface area contributed by atoms with Crippen molar-refractivity contribution < 1.29 is 34.9 Å². The van der Waals surface area contributed by atoms with Crippen molar-refractivity contribution in [3.05, 3.63) is 82.2 Å². The summed E-state index contributed by atoms with van der Waals surface area (Å²) in [5, 5.41) is 3.45. The molecule has 0 fully saturated rings. The van der Waals surface area contributed by atoms with Gasteiger partial charge in [-0.05, 0) is 27.6 Å².